The van der Waals surface area contributed by atoms with Gasteiger partial charge in [-0.25, -0.2) is 0 Å². The van der Waals surface area contributed by atoms with Gasteiger partial charge in [0.25, 0.3) is 0 Å². The Kier molecular flexibility index (Phi) is 4.98. The van der Waals surface area contributed by atoms with Crippen LogP contribution in [0.5, 0.6) is 0 Å². The first-order valence-electron chi connectivity index (χ1n) is 6.64. The van der Waals surface area contributed by atoms with Crippen molar-refractivity contribution in [2.45, 2.75) is 78.6 Å². The normalized spacial score (nSPS) is 18.2. The summed E-state index contributed by atoms with van der Waals surface area (Å²) >= 11 is 0. The molecule has 1 aliphatic carbocycles. The molecule has 1 fully saturated rings. The standard InChI is InChI=1S/C14H28/c1-4-11-14(2,3)12-6-5-8-13-9-7-10-13/h13H,4-12H2,1-3H3. The van der Waals surface area contributed by atoms with E-state index in [0.29, 0.717) is 5.41 Å². The number of hydrogen-bond donors (Lipinski definition) is 0. The van der Waals surface area contributed by atoms with Crippen molar-refractivity contribution < 1.29 is 0 Å². The van der Waals surface area contributed by atoms with Gasteiger partial charge < -0.3 is 0 Å². The van der Waals surface area contributed by atoms with E-state index in [2.05, 4.69) is 20.8 Å². The summed E-state index contributed by atoms with van der Waals surface area (Å²) in [7, 11) is 0. The highest BCUT2D eigenvalue weighted by molar-refractivity contribution is 4.71. The summed E-state index contributed by atoms with van der Waals surface area (Å²) in [6.07, 6.45) is 13.2. The van der Waals surface area contributed by atoms with Crippen molar-refractivity contribution in [1.29, 1.82) is 0 Å². The van der Waals surface area contributed by atoms with Crippen molar-refractivity contribution in [2.75, 3.05) is 0 Å². The van der Waals surface area contributed by atoms with Gasteiger partial charge in [-0.15, -0.1) is 0 Å². The molecule has 0 radical (unpaired) electrons. The van der Waals surface area contributed by atoms with Gasteiger partial charge in [0, 0.05) is 0 Å². The van der Waals surface area contributed by atoms with E-state index in [4.69, 9.17) is 0 Å². The zero-order chi connectivity index (χ0) is 10.4. The fourth-order valence-corrected chi connectivity index (χ4v) is 2.62. The van der Waals surface area contributed by atoms with Gasteiger partial charge in [-0.2, -0.15) is 0 Å². The molecule has 14 heavy (non-hydrogen) atoms. The first-order valence-corrected chi connectivity index (χ1v) is 6.64. The van der Waals surface area contributed by atoms with Gasteiger partial charge in [0.15, 0.2) is 0 Å². The summed E-state index contributed by atoms with van der Waals surface area (Å²) in [4.78, 5) is 0. The van der Waals surface area contributed by atoms with E-state index in [9.17, 15) is 0 Å². The molecule has 0 amide bonds. The number of hydrogen-bond acceptors (Lipinski definition) is 0. The van der Waals surface area contributed by atoms with Gasteiger partial charge in [-0.05, 0) is 24.2 Å². The van der Waals surface area contributed by atoms with E-state index in [1.165, 1.54) is 57.8 Å². The van der Waals surface area contributed by atoms with Crippen LogP contribution in [-0.2, 0) is 0 Å². The molecule has 0 unspecified atom stereocenters. The molecule has 0 aliphatic heterocycles. The molecule has 0 aromatic carbocycles. The summed E-state index contributed by atoms with van der Waals surface area (Å²) < 4.78 is 0. The first kappa shape index (κ1) is 12.1. The fourth-order valence-electron chi connectivity index (χ4n) is 2.62. The van der Waals surface area contributed by atoms with Crippen molar-refractivity contribution >= 4 is 0 Å². The summed E-state index contributed by atoms with van der Waals surface area (Å²) in [5, 5.41) is 0. The van der Waals surface area contributed by atoms with Gasteiger partial charge >= 0.3 is 0 Å². The molecule has 0 heterocycles. The molecular weight excluding hydrogens is 168 g/mol. The van der Waals surface area contributed by atoms with Gasteiger partial charge in [-0.1, -0.05) is 65.7 Å². The minimum atomic E-state index is 0.606. The van der Waals surface area contributed by atoms with Crippen molar-refractivity contribution in [3.8, 4) is 0 Å². The van der Waals surface area contributed by atoms with Crippen molar-refractivity contribution in [2.24, 2.45) is 11.3 Å². The van der Waals surface area contributed by atoms with E-state index in [1.54, 1.807) is 0 Å². The van der Waals surface area contributed by atoms with Gasteiger partial charge in [-0.3, -0.25) is 0 Å². The van der Waals surface area contributed by atoms with Crippen molar-refractivity contribution in [3.63, 3.8) is 0 Å². The summed E-state index contributed by atoms with van der Waals surface area (Å²) in [5.41, 5.74) is 0.606. The third-order valence-corrected chi connectivity index (χ3v) is 3.87. The summed E-state index contributed by atoms with van der Waals surface area (Å²) in [5.74, 6) is 1.12. The van der Waals surface area contributed by atoms with Crippen molar-refractivity contribution in [1.82, 2.24) is 0 Å². The second-order valence-corrected chi connectivity index (χ2v) is 5.96. The SMILES string of the molecule is CCCC(C)(C)CCCCC1CCC1. The molecule has 0 spiro atoms. The van der Waals surface area contributed by atoms with Crippen LogP contribution in [0, 0.1) is 11.3 Å². The molecule has 1 rings (SSSR count). The maximum atomic E-state index is 2.43. The Morgan fingerprint density at radius 1 is 1.07 bits per heavy atom. The van der Waals surface area contributed by atoms with E-state index in [1.807, 2.05) is 0 Å². The average Bonchev–Trinajstić information content (AvgIpc) is 2.00. The largest absolute Gasteiger partial charge is 0.0654 e. The Balaban J connectivity index is 1.96. The van der Waals surface area contributed by atoms with Crippen LogP contribution in [0.15, 0.2) is 0 Å². The lowest BCUT2D eigenvalue weighted by atomic mass is 9.79. The summed E-state index contributed by atoms with van der Waals surface area (Å²) in [6, 6.07) is 0. The minimum Gasteiger partial charge on any atom is -0.0654 e. The monoisotopic (exact) mass is 196 g/mol. The highest BCUT2D eigenvalue weighted by Crippen LogP contribution is 2.33. The second-order valence-electron chi connectivity index (χ2n) is 5.96. The number of rotatable bonds is 7. The Morgan fingerprint density at radius 2 is 1.79 bits per heavy atom. The third-order valence-electron chi connectivity index (χ3n) is 3.87. The molecule has 0 aromatic rings. The maximum absolute atomic E-state index is 2.43. The quantitative estimate of drug-likeness (QED) is 0.493. The van der Waals surface area contributed by atoms with Crippen LogP contribution in [0.1, 0.15) is 78.6 Å². The van der Waals surface area contributed by atoms with Crippen LogP contribution >= 0.6 is 0 Å². The van der Waals surface area contributed by atoms with Gasteiger partial charge in [0.05, 0.1) is 0 Å². The molecular formula is C14H28. The van der Waals surface area contributed by atoms with E-state index in [-0.39, 0.29) is 0 Å². The highest BCUT2D eigenvalue weighted by atomic mass is 14.2. The van der Waals surface area contributed by atoms with E-state index >= 15 is 0 Å². The Morgan fingerprint density at radius 3 is 2.29 bits per heavy atom. The second kappa shape index (κ2) is 5.78. The molecule has 0 heteroatoms. The molecule has 0 bridgehead atoms. The first-order chi connectivity index (χ1) is 6.64. The number of unbranched alkanes of at least 4 members (excludes halogenated alkanes) is 1. The van der Waals surface area contributed by atoms with E-state index < -0.39 is 0 Å². The fraction of sp³-hybridized carbons (Fsp3) is 1.00. The highest BCUT2D eigenvalue weighted by Gasteiger charge is 2.18. The Labute approximate surface area is 90.5 Å². The molecule has 84 valence electrons. The average molecular weight is 196 g/mol. The van der Waals surface area contributed by atoms with Crippen LogP contribution < -0.4 is 0 Å². The predicted molar refractivity (Wildman–Crippen MR) is 64.5 cm³/mol. The summed E-state index contributed by atoms with van der Waals surface area (Å²) in [6.45, 7) is 7.16. The minimum absolute atomic E-state index is 0.606. The molecule has 0 N–H and O–H groups in total. The van der Waals surface area contributed by atoms with Crippen LogP contribution in [0.3, 0.4) is 0 Å². The molecule has 0 atom stereocenters. The van der Waals surface area contributed by atoms with Crippen LogP contribution in [-0.4, -0.2) is 0 Å². The van der Waals surface area contributed by atoms with Crippen LogP contribution in [0.25, 0.3) is 0 Å². The van der Waals surface area contributed by atoms with Gasteiger partial charge in [0.1, 0.15) is 0 Å². The van der Waals surface area contributed by atoms with Gasteiger partial charge in [0.2, 0.25) is 0 Å². The topological polar surface area (TPSA) is 0 Å². The lowest BCUT2D eigenvalue weighted by Crippen LogP contribution is -2.12. The predicted octanol–water partition coefficient (Wildman–Crippen LogP) is 5.17. The van der Waals surface area contributed by atoms with Crippen LogP contribution in [0.2, 0.25) is 0 Å². The van der Waals surface area contributed by atoms with E-state index in [0.717, 1.165) is 5.92 Å². The third kappa shape index (κ3) is 4.48. The maximum Gasteiger partial charge on any atom is -0.0354 e. The van der Waals surface area contributed by atoms with Crippen LogP contribution in [0.4, 0.5) is 0 Å². The smallest absolute Gasteiger partial charge is 0.0354 e. The Hall–Kier alpha value is 0. The van der Waals surface area contributed by atoms with Crippen molar-refractivity contribution in [3.05, 3.63) is 0 Å². The molecule has 0 saturated heterocycles. The zero-order valence-corrected chi connectivity index (χ0v) is 10.4. The molecule has 1 aliphatic rings. The molecule has 0 aromatic heterocycles. The zero-order valence-electron chi connectivity index (χ0n) is 10.4. The molecule has 1 saturated carbocycles. The lowest BCUT2D eigenvalue weighted by Gasteiger charge is -2.27. The lowest BCUT2D eigenvalue weighted by molar-refractivity contribution is 0.260. The Bertz CT molecular complexity index is 142. The molecule has 0 nitrogen and oxygen atoms in total.